The lowest BCUT2D eigenvalue weighted by Crippen LogP contribution is -2.26. The van der Waals surface area contributed by atoms with E-state index in [1.807, 2.05) is 6.07 Å². The average molecular weight is 360 g/mol. The van der Waals surface area contributed by atoms with Crippen molar-refractivity contribution in [3.63, 3.8) is 0 Å². The lowest BCUT2D eigenvalue weighted by Gasteiger charge is -2.00. The maximum Gasteiger partial charge on any atom is 0.260 e. The summed E-state index contributed by atoms with van der Waals surface area (Å²) < 4.78 is 3.73. The Balaban J connectivity index is 2.63. The molecule has 3 nitrogen and oxygen atoms in total. The third kappa shape index (κ3) is 1.37. The molecule has 3 heterocycles. The van der Waals surface area contributed by atoms with Crippen LogP contribution < -0.4 is 4.73 Å². The van der Waals surface area contributed by atoms with Crippen LogP contribution in [0.1, 0.15) is 0 Å². The lowest BCUT2D eigenvalue weighted by atomic mass is 10.3. The Bertz CT molecular complexity index is 711. The van der Waals surface area contributed by atoms with E-state index in [2.05, 4.69) is 36.8 Å². The van der Waals surface area contributed by atoms with Crippen LogP contribution in [0.3, 0.4) is 0 Å². The summed E-state index contributed by atoms with van der Waals surface area (Å²) in [5, 5.41) is 12.7. The van der Waals surface area contributed by atoms with Gasteiger partial charge in [0.1, 0.15) is 10.2 Å². The monoisotopic (exact) mass is 358 g/mol. The van der Waals surface area contributed by atoms with Crippen molar-refractivity contribution in [1.82, 2.24) is 4.98 Å². The molecule has 0 unspecified atom stereocenters. The average Bonchev–Trinajstić information content (AvgIpc) is 2.55. The Morgan fingerprint density at radius 2 is 2.19 bits per heavy atom. The van der Waals surface area contributed by atoms with Crippen LogP contribution in [0.25, 0.3) is 21.1 Å². The van der Waals surface area contributed by atoms with Crippen LogP contribution in [0.4, 0.5) is 0 Å². The second-order valence-corrected chi connectivity index (χ2v) is 6.39. The Morgan fingerprint density at radius 3 is 3.00 bits per heavy atom. The summed E-state index contributed by atoms with van der Waals surface area (Å²) in [5.41, 5.74) is 1.34. The van der Waals surface area contributed by atoms with Crippen molar-refractivity contribution in [3.8, 4) is 0 Å². The molecule has 80 valence electrons. The van der Waals surface area contributed by atoms with E-state index < -0.39 is 0 Å². The summed E-state index contributed by atoms with van der Waals surface area (Å²) in [6.45, 7) is 0. The molecular weight excluding hydrogens is 356 g/mol. The lowest BCUT2D eigenvalue weighted by molar-refractivity contribution is -0.576. The number of halogens is 2. The Morgan fingerprint density at radius 1 is 1.38 bits per heavy atom. The van der Waals surface area contributed by atoms with Crippen molar-refractivity contribution >= 4 is 64.3 Å². The fraction of sp³-hybridized carbons (Fsp3) is 0. The van der Waals surface area contributed by atoms with Crippen molar-refractivity contribution in [2.45, 2.75) is 0 Å². The molecule has 16 heavy (non-hydrogen) atoms. The van der Waals surface area contributed by atoms with Crippen LogP contribution in [0.5, 0.6) is 0 Å². The van der Waals surface area contributed by atoms with Crippen LogP contribution in [-0.4, -0.2) is 4.98 Å². The second-order valence-electron chi connectivity index (χ2n) is 3.26. The largest absolute Gasteiger partial charge is 0.618 e. The van der Waals surface area contributed by atoms with E-state index in [0.29, 0.717) is 11.0 Å². The SMILES string of the molecule is [O-][n+]1cccc2ncc3c(Br)c(Br)sc3c21. The van der Waals surface area contributed by atoms with Crippen LogP contribution in [-0.2, 0) is 0 Å². The summed E-state index contributed by atoms with van der Waals surface area (Å²) in [6, 6.07) is 3.54. The van der Waals surface area contributed by atoms with Crippen LogP contribution >= 0.6 is 43.2 Å². The van der Waals surface area contributed by atoms with E-state index >= 15 is 0 Å². The molecule has 3 aromatic rings. The molecule has 0 spiro atoms. The smallest absolute Gasteiger partial charge is 0.260 e. The third-order valence-electron chi connectivity index (χ3n) is 2.33. The number of rotatable bonds is 0. The van der Waals surface area contributed by atoms with Gasteiger partial charge in [0, 0.05) is 17.6 Å². The first kappa shape index (κ1) is 10.4. The molecule has 0 radical (unpaired) electrons. The van der Waals surface area contributed by atoms with Gasteiger partial charge in [-0.05, 0) is 37.9 Å². The molecule has 3 aromatic heterocycles. The summed E-state index contributed by atoms with van der Waals surface area (Å²) in [6.07, 6.45) is 3.27. The van der Waals surface area contributed by atoms with Crippen LogP contribution in [0.2, 0.25) is 0 Å². The van der Waals surface area contributed by atoms with Crippen molar-refractivity contribution < 1.29 is 4.73 Å². The fourth-order valence-corrected chi connectivity index (χ4v) is 3.93. The first-order valence-corrected chi connectivity index (χ1v) is 6.83. The number of pyridine rings is 2. The van der Waals surface area contributed by atoms with Crippen LogP contribution in [0, 0.1) is 5.21 Å². The van der Waals surface area contributed by atoms with Gasteiger partial charge in [-0.3, -0.25) is 0 Å². The minimum Gasteiger partial charge on any atom is -0.618 e. The van der Waals surface area contributed by atoms with Gasteiger partial charge in [-0.15, -0.1) is 11.3 Å². The molecule has 0 aliphatic rings. The molecular formula is C10H4Br2N2OS. The van der Waals surface area contributed by atoms with E-state index in [-0.39, 0.29) is 0 Å². The molecule has 6 heteroatoms. The highest BCUT2D eigenvalue weighted by Gasteiger charge is 2.16. The highest BCUT2D eigenvalue weighted by molar-refractivity contribution is 9.13. The normalized spacial score (nSPS) is 11.4. The standard InChI is InChI=1S/C10H4Br2N2OS/c11-7-5-4-13-6-2-1-3-14(15)8(6)9(5)16-10(7)12/h1-4H. The fourth-order valence-electron chi connectivity index (χ4n) is 1.62. The van der Waals surface area contributed by atoms with Crippen LogP contribution in [0.15, 0.2) is 32.8 Å². The van der Waals surface area contributed by atoms with Gasteiger partial charge in [-0.25, -0.2) is 4.98 Å². The Hall–Kier alpha value is -0.720. The second kappa shape index (κ2) is 3.65. The summed E-state index contributed by atoms with van der Waals surface area (Å²) >= 11 is 8.46. The first-order chi connectivity index (χ1) is 7.68. The molecule has 0 N–H and O–H groups in total. The summed E-state index contributed by atoms with van der Waals surface area (Å²) in [4.78, 5) is 4.28. The Kier molecular flexibility index (Phi) is 2.38. The van der Waals surface area contributed by atoms with Crippen molar-refractivity contribution in [3.05, 3.63) is 38.0 Å². The summed E-state index contributed by atoms with van der Waals surface area (Å²) in [5.74, 6) is 0. The number of thiophene rings is 1. The van der Waals surface area contributed by atoms with Gasteiger partial charge < -0.3 is 5.21 Å². The van der Waals surface area contributed by atoms with Gasteiger partial charge in [0.15, 0.2) is 6.20 Å². The quantitative estimate of drug-likeness (QED) is 0.454. The topological polar surface area (TPSA) is 39.8 Å². The van der Waals surface area contributed by atoms with Gasteiger partial charge in [-0.2, -0.15) is 4.73 Å². The minimum atomic E-state index is 0.622. The molecule has 0 aliphatic carbocycles. The van der Waals surface area contributed by atoms with Gasteiger partial charge in [0.2, 0.25) is 0 Å². The number of nitrogens with zero attached hydrogens (tertiary/aromatic N) is 2. The zero-order valence-corrected chi connectivity index (χ0v) is 11.8. The molecule has 0 bridgehead atoms. The predicted molar refractivity (Wildman–Crippen MR) is 71.5 cm³/mol. The minimum absolute atomic E-state index is 0.622. The third-order valence-corrected chi connectivity index (χ3v) is 5.83. The van der Waals surface area contributed by atoms with Crippen molar-refractivity contribution in [1.29, 1.82) is 0 Å². The zero-order valence-electron chi connectivity index (χ0n) is 7.78. The Labute approximate surface area is 112 Å². The number of aromatic nitrogens is 2. The first-order valence-electron chi connectivity index (χ1n) is 4.43. The zero-order chi connectivity index (χ0) is 11.3. The molecule has 0 atom stereocenters. The number of fused-ring (bicyclic) bond motifs is 3. The molecule has 0 saturated carbocycles. The highest BCUT2D eigenvalue weighted by Crippen LogP contribution is 2.40. The van der Waals surface area contributed by atoms with Crippen molar-refractivity contribution in [2.24, 2.45) is 0 Å². The molecule has 0 aliphatic heterocycles. The van der Waals surface area contributed by atoms with Crippen molar-refractivity contribution in [2.75, 3.05) is 0 Å². The molecule has 0 fully saturated rings. The van der Waals surface area contributed by atoms with E-state index in [1.165, 1.54) is 17.5 Å². The maximum absolute atomic E-state index is 11.8. The number of hydrogen-bond acceptors (Lipinski definition) is 3. The molecule has 0 aromatic carbocycles. The van der Waals surface area contributed by atoms with E-state index in [9.17, 15) is 5.21 Å². The predicted octanol–water partition coefficient (Wildman–Crippen LogP) is 3.61. The maximum atomic E-state index is 11.8. The van der Waals surface area contributed by atoms with E-state index in [4.69, 9.17) is 0 Å². The van der Waals surface area contributed by atoms with E-state index in [1.54, 1.807) is 12.3 Å². The van der Waals surface area contributed by atoms with Gasteiger partial charge in [-0.1, -0.05) is 0 Å². The molecule has 3 rings (SSSR count). The highest BCUT2D eigenvalue weighted by atomic mass is 79.9. The van der Waals surface area contributed by atoms with Gasteiger partial charge >= 0.3 is 0 Å². The summed E-state index contributed by atoms with van der Waals surface area (Å²) in [7, 11) is 0. The molecule has 0 amide bonds. The van der Waals surface area contributed by atoms with Gasteiger partial charge in [0.05, 0.1) is 8.26 Å². The molecule has 0 saturated heterocycles. The van der Waals surface area contributed by atoms with E-state index in [0.717, 1.165) is 23.1 Å². The van der Waals surface area contributed by atoms with Gasteiger partial charge in [0.25, 0.3) is 5.52 Å². The number of hydrogen-bond donors (Lipinski definition) is 0.